The number of benzene rings is 1. The lowest BCUT2D eigenvalue weighted by Crippen LogP contribution is -2.42. The molecule has 1 atom stereocenters. The van der Waals surface area contributed by atoms with Crippen molar-refractivity contribution in [2.45, 2.75) is 12.5 Å². The van der Waals surface area contributed by atoms with Gasteiger partial charge in [-0.1, -0.05) is 12.1 Å². The van der Waals surface area contributed by atoms with Crippen molar-refractivity contribution in [1.82, 2.24) is 5.32 Å². The number of hydrogen-bond acceptors (Lipinski definition) is 4. The Morgan fingerprint density at radius 1 is 1.37 bits per heavy atom. The van der Waals surface area contributed by atoms with Crippen LogP contribution in [0.4, 0.5) is 11.4 Å². The number of carbonyl (C=O) groups is 2. The predicted molar refractivity (Wildman–Crippen MR) is 72.0 cm³/mol. The molecule has 6 nitrogen and oxygen atoms in total. The third-order valence-electron chi connectivity index (χ3n) is 2.85. The number of rotatable bonds is 5. The molecule has 1 aliphatic heterocycles. The molecular formula is C13H17N3O3. The van der Waals surface area contributed by atoms with Gasteiger partial charge in [-0.3, -0.25) is 9.59 Å². The number of carbonyl (C=O) groups excluding carboxylic acids is 2. The van der Waals surface area contributed by atoms with Gasteiger partial charge in [0.15, 0.2) is 0 Å². The Morgan fingerprint density at radius 2 is 2.11 bits per heavy atom. The lowest BCUT2D eigenvalue weighted by Gasteiger charge is -2.26. The fourth-order valence-electron chi connectivity index (χ4n) is 1.88. The van der Waals surface area contributed by atoms with Crippen LogP contribution in [0.5, 0.6) is 0 Å². The minimum Gasteiger partial charge on any atom is -0.383 e. The van der Waals surface area contributed by atoms with E-state index in [1.807, 2.05) is 24.3 Å². The lowest BCUT2D eigenvalue weighted by atomic mass is 10.1. The number of anilines is 2. The summed E-state index contributed by atoms with van der Waals surface area (Å²) in [4.78, 5) is 23.5. The van der Waals surface area contributed by atoms with Crippen molar-refractivity contribution < 1.29 is 14.3 Å². The molecule has 0 fully saturated rings. The zero-order chi connectivity index (χ0) is 13.7. The van der Waals surface area contributed by atoms with Crippen LogP contribution in [0.1, 0.15) is 6.42 Å². The fourth-order valence-corrected chi connectivity index (χ4v) is 1.88. The maximum atomic E-state index is 11.8. The van der Waals surface area contributed by atoms with Gasteiger partial charge in [0.05, 0.1) is 24.4 Å². The normalized spacial score (nSPS) is 17.1. The monoisotopic (exact) mass is 263 g/mol. The van der Waals surface area contributed by atoms with Crippen LogP contribution in [0.25, 0.3) is 0 Å². The Kier molecular flexibility index (Phi) is 4.35. The summed E-state index contributed by atoms with van der Waals surface area (Å²) in [6, 6.07) is 6.86. The highest BCUT2D eigenvalue weighted by Gasteiger charge is 2.26. The topological polar surface area (TPSA) is 79.5 Å². The van der Waals surface area contributed by atoms with Crippen molar-refractivity contribution in [3.05, 3.63) is 24.3 Å². The molecule has 1 aromatic rings. The Labute approximate surface area is 111 Å². The second kappa shape index (κ2) is 6.19. The number of methoxy groups -OCH3 is 1. The Bertz CT molecular complexity index is 476. The molecule has 1 aromatic carbocycles. The average molecular weight is 263 g/mol. The first-order valence-corrected chi connectivity index (χ1v) is 6.13. The molecule has 1 aliphatic rings. The zero-order valence-corrected chi connectivity index (χ0v) is 10.7. The van der Waals surface area contributed by atoms with Crippen molar-refractivity contribution in [2.24, 2.45) is 0 Å². The van der Waals surface area contributed by atoms with Gasteiger partial charge >= 0.3 is 0 Å². The standard InChI is InChI=1S/C13H17N3O3/c1-19-7-6-14-12(17)8-11-13(18)16-10-5-3-2-4-9(10)15-11/h2-5,11,15H,6-8H2,1H3,(H,14,17)(H,16,18)/t11-/m1/s1. The predicted octanol–water partition coefficient (Wildman–Crippen LogP) is 0.572. The van der Waals surface area contributed by atoms with Gasteiger partial charge < -0.3 is 20.7 Å². The lowest BCUT2D eigenvalue weighted by molar-refractivity contribution is -0.125. The molecule has 0 aromatic heterocycles. The molecule has 2 amide bonds. The average Bonchev–Trinajstić information content (AvgIpc) is 2.40. The summed E-state index contributed by atoms with van der Waals surface area (Å²) in [5, 5.41) is 8.53. The molecule has 6 heteroatoms. The van der Waals surface area contributed by atoms with E-state index >= 15 is 0 Å². The van der Waals surface area contributed by atoms with E-state index in [4.69, 9.17) is 4.74 Å². The molecule has 0 radical (unpaired) electrons. The van der Waals surface area contributed by atoms with E-state index < -0.39 is 6.04 Å². The first-order valence-electron chi connectivity index (χ1n) is 6.13. The summed E-state index contributed by atoms with van der Waals surface area (Å²) in [6.45, 7) is 0.902. The molecule has 19 heavy (non-hydrogen) atoms. The van der Waals surface area contributed by atoms with Crippen LogP contribution < -0.4 is 16.0 Å². The van der Waals surface area contributed by atoms with Crippen LogP contribution >= 0.6 is 0 Å². The van der Waals surface area contributed by atoms with Gasteiger partial charge in [0.1, 0.15) is 6.04 Å². The van der Waals surface area contributed by atoms with Crippen LogP contribution in [0.3, 0.4) is 0 Å². The maximum absolute atomic E-state index is 11.8. The second-order valence-electron chi connectivity index (χ2n) is 4.28. The SMILES string of the molecule is COCCNC(=O)C[C@H]1Nc2ccccc2NC1=O. The summed E-state index contributed by atoms with van der Waals surface area (Å²) < 4.78 is 4.84. The van der Waals surface area contributed by atoms with E-state index in [2.05, 4.69) is 16.0 Å². The number of nitrogens with one attached hydrogen (secondary N) is 3. The second-order valence-corrected chi connectivity index (χ2v) is 4.28. The van der Waals surface area contributed by atoms with E-state index in [0.717, 1.165) is 11.4 Å². The van der Waals surface area contributed by atoms with Crippen LogP contribution in [-0.4, -0.2) is 38.1 Å². The minimum atomic E-state index is -0.544. The molecule has 0 saturated heterocycles. The van der Waals surface area contributed by atoms with Crippen LogP contribution in [-0.2, 0) is 14.3 Å². The van der Waals surface area contributed by atoms with Gasteiger partial charge in [0.25, 0.3) is 0 Å². The summed E-state index contributed by atoms with van der Waals surface area (Å²) >= 11 is 0. The number of para-hydroxylation sites is 2. The summed E-state index contributed by atoms with van der Waals surface area (Å²) in [5.74, 6) is -0.371. The minimum absolute atomic E-state index is 0.101. The van der Waals surface area contributed by atoms with E-state index in [0.29, 0.717) is 13.2 Å². The van der Waals surface area contributed by atoms with Gasteiger partial charge in [0, 0.05) is 13.7 Å². The Balaban J connectivity index is 1.92. The molecular weight excluding hydrogens is 246 g/mol. The third kappa shape index (κ3) is 3.45. The molecule has 0 spiro atoms. The van der Waals surface area contributed by atoms with Gasteiger partial charge in [-0.15, -0.1) is 0 Å². The number of ether oxygens (including phenoxy) is 1. The van der Waals surface area contributed by atoms with E-state index in [1.165, 1.54) is 0 Å². The first kappa shape index (κ1) is 13.4. The maximum Gasteiger partial charge on any atom is 0.247 e. The number of fused-ring (bicyclic) bond motifs is 1. The first-order chi connectivity index (χ1) is 9.20. The summed E-state index contributed by atoms with van der Waals surface area (Å²) in [7, 11) is 1.57. The molecule has 0 unspecified atom stereocenters. The van der Waals surface area contributed by atoms with Crippen molar-refractivity contribution in [1.29, 1.82) is 0 Å². The fraction of sp³-hybridized carbons (Fsp3) is 0.385. The molecule has 2 rings (SSSR count). The van der Waals surface area contributed by atoms with Crippen molar-refractivity contribution in [3.63, 3.8) is 0 Å². The molecule has 102 valence electrons. The van der Waals surface area contributed by atoms with Gasteiger partial charge in [-0.2, -0.15) is 0 Å². The largest absolute Gasteiger partial charge is 0.383 e. The van der Waals surface area contributed by atoms with E-state index in [1.54, 1.807) is 7.11 Å². The molecule has 0 bridgehead atoms. The highest BCUT2D eigenvalue weighted by atomic mass is 16.5. The molecule has 0 aliphatic carbocycles. The highest BCUT2D eigenvalue weighted by Crippen LogP contribution is 2.26. The van der Waals surface area contributed by atoms with Crippen LogP contribution in [0.2, 0.25) is 0 Å². The van der Waals surface area contributed by atoms with Gasteiger partial charge in [-0.05, 0) is 12.1 Å². The zero-order valence-electron chi connectivity index (χ0n) is 10.7. The Hall–Kier alpha value is -2.08. The van der Waals surface area contributed by atoms with E-state index in [-0.39, 0.29) is 18.2 Å². The summed E-state index contributed by atoms with van der Waals surface area (Å²) in [5.41, 5.74) is 1.57. The highest BCUT2D eigenvalue weighted by molar-refractivity contribution is 6.04. The summed E-state index contributed by atoms with van der Waals surface area (Å²) in [6.07, 6.45) is 0.101. The number of amides is 2. The molecule has 0 saturated carbocycles. The third-order valence-corrected chi connectivity index (χ3v) is 2.85. The van der Waals surface area contributed by atoms with Crippen LogP contribution in [0.15, 0.2) is 24.3 Å². The Morgan fingerprint density at radius 3 is 2.84 bits per heavy atom. The number of hydrogen-bond donors (Lipinski definition) is 3. The van der Waals surface area contributed by atoms with E-state index in [9.17, 15) is 9.59 Å². The molecule has 3 N–H and O–H groups in total. The van der Waals surface area contributed by atoms with Gasteiger partial charge in [0.2, 0.25) is 11.8 Å². The van der Waals surface area contributed by atoms with Crippen molar-refractivity contribution >= 4 is 23.2 Å². The smallest absolute Gasteiger partial charge is 0.247 e. The van der Waals surface area contributed by atoms with Crippen molar-refractivity contribution in [3.8, 4) is 0 Å². The van der Waals surface area contributed by atoms with Crippen molar-refractivity contribution in [2.75, 3.05) is 30.9 Å². The van der Waals surface area contributed by atoms with Gasteiger partial charge in [-0.25, -0.2) is 0 Å². The molecule has 1 heterocycles. The van der Waals surface area contributed by atoms with Crippen LogP contribution in [0, 0.1) is 0 Å². The quantitative estimate of drug-likeness (QED) is 0.679.